The van der Waals surface area contributed by atoms with E-state index in [-0.39, 0.29) is 5.91 Å². The van der Waals surface area contributed by atoms with E-state index in [1.54, 1.807) is 13.2 Å². The number of methoxy groups -OCH3 is 1. The standard InChI is InChI=1S/C21H20N2O3S/c1-3-26-16-11-8-15(9-12-16)10-13-20(24)23-21-22-18(14-27-21)17-6-4-5-7-19(17)25-2/h4-14H,3H2,1-2H3,(H,22,23,24)/b13-10+. The van der Waals surface area contributed by atoms with Crippen molar-refractivity contribution in [2.75, 3.05) is 19.0 Å². The van der Waals surface area contributed by atoms with E-state index in [9.17, 15) is 4.79 Å². The van der Waals surface area contributed by atoms with E-state index in [0.717, 1.165) is 28.3 Å². The number of rotatable bonds is 7. The zero-order chi connectivity index (χ0) is 19.1. The molecule has 1 N–H and O–H groups in total. The molecule has 3 rings (SSSR count). The molecule has 0 radical (unpaired) electrons. The number of aromatic nitrogens is 1. The summed E-state index contributed by atoms with van der Waals surface area (Å²) in [5.74, 6) is 1.33. The monoisotopic (exact) mass is 380 g/mol. The average molecular weight is 380 g/mol. The van der Waals surface area contributed by atoms with Gasteiger partial charge in [-0.2, -0.15) is 0 Å². The number of amides is 1. The van der Waals surface area contributed by atoms with Gasteiger partial charge in [-0.1, -0.05) is 24.3 Å². The first-order valence-corrected chi connectivity index (χ1v) is 9.38. The third kappa shape index (κ3) is 4.95. The molecule has 2 aromatic carbocycles. The summed E-state index contributed by atoms with van der Waals surface area (Å²) < 4.78 is 10.8. The molecular formula is C21H20N2O3S. The third-order valence-corrected chi connectivity index (χ3v) is 4.49. The Hall–Kier alpha value is -3.12. The van der Waals surface area contributed by atoms with Crippen LogP contribution in [0.15, 0.2) is 60.0 Å². The lowest BCUT2D eigenvalue weighted by Crippen LogP contribution is -2.07. The molecular weight excluding hydrogens is 360 g/mol. The van der Waals surface area contributed by atoms with Gasteiger partial charge in [0.05, 0.1) is 19.4 Å². The number of thiazole rings is 1. The molecule has 0 bridgehead atoms. The molecule has 0 atom stereocenters. The molecule has 3 aromatic rings. The summed E-state index contributed by atoms with van der Waals surface area (Å²) in [6.45, 7) is 2.57. The number of nitrogens with zero attached hydrogens (tertiary/aromatic N) is 1. The summed E-state index contributed by atoms with van der Waals surface area (Å²) in [5.41, 5.74) is 2.58. The van der Waals surface area contributed by atoms with Crippen molar-refractivity contribution >= 4 is 28.5 Å². The van der Waals surface area contributed by atoms with Gasteiger partial charge in [0.2, 0.25) is 5.91 Å². The number of benzene rings is 2. The molecule has 0 aliphatic heterocycles. The van der Waals surface area contributed by atoms with Crippen LogP contribution < -0.4 is 14.8 Å². The van der Waals surface area contributed by atoms with E-state index >= 15 is 0 Å². The van der Waals surface area contributed by atoms with E-state index < -0.39 is 0 Å². The Morgan fingerprint density at radius 3 is 2.70 bits per heavy atom. The van der Waals surface area contributed by atoms with Gasteiger partial charge in [-0.25, -0.2) is 4.98 Å². The highest BCUT2D eigenvalue weighted by Gasteiger charge is 2.10. The lowest BCUT2D eigenvalue weighted by Gasteiger charge is -2.04. The summed E-state index contributed by atoms with van der Waals surface area (Å²) >= 11 is 1.37. The molecule has 0 aliphatic carbocycles. The molecule has 6 heteroatoms. The second kappa shape index (κ2) is 9.00. The third-order valence-electron chi connectivity index (χ3n) is 3.74. The van der Waals surface area contributed by atoms with E-state index in [1.807, 2.05) is 60.8 Å². The first kappa shape index (κ1) is 18.7. The van der Waals surface area contributed by atoms with Crippen LogP contribution in [-0.2, 0) is 4.79 Å². The number of ether oxygens (including phenoxy) is 2. The quantitative estimate of drug-likeness (QED) is 0.594. The van der Waals surface area contributed by atoms with Gasteiger partial charge in [0.1, 0.15) is 11.5 Å². The largest absolute Gasteiger partial charge is 0.496 e. The van der Waals surface area contributed by atoms with Crippen LogP contribution in [0.1, 0.15) is 12.5 Å². The van der Waals surface area contributed by atoms with Gasteiger partial charge in [-0.3, -0.25) is 10.1 Å². The number of carbonyl (C=O) groups excluding carboxylic acids is 1. The van der Waals surface area contributed by atoms with Crippen molar-refractivity contribution in [3.8, 4) is 22.8 Å². The number of hydrogen-bond acceptors (Lipinski definition) is 5. The minimum Gasteiger partial charge on any atom is -0.496 e. The van der Waals surface area contributed by atoms with Crippen LogP contribution in [-0.4, -0.2) is 24.6 Å². The van der Waals surface area contributed by atoms with Crippen molar-refractivity contribution in [3.05, 3.63) is 65.6 Å². The maximum atomic E-state index is 12.1. The van der Waals surface area contributed by atoms with E-state index in [4.69, 9.17) is 9.47 Å². The van der Waals surface area contributed by atoms with Crippen molar-refractivity contribution in [2.45, 2.75) is 6.92 Å². The number of nitrogens with one attached hydrogen (secondary N) is 1. The van der Waals surface area contributed by atoms with Gasteiger partial charge < -0.3 is 9.47 Å². The number of hydrogen-bond donors (Lipinski definition) is 1. The van der Waals surface area contributed by atoms with Crippen molar-refractivity contribution in [1.29, 1.82) is 0 Å². The second-order valence-electron chi connectivity index (χ2n) is 5.56. The van der Waals surface area contributed by atoms with Crippen LogP contribution in [0.4, 0.5) is 5.13 Å². The van der Waals surface area contributed by atoms with Gasteiger partial charge in [-0.15, -0.1) is 11.3 Å². The molecule has 1 amide bonds. The fourth-order valence-corrected chi connectivity index (χ4v) is 3.19. The molecule has 0 fully saturated rings. The fourth-order valence-electron chi connectivity index (χ4n) is 2.47. The Bertz CT molecular complexity index is 933. The molecule has 0 unspecified atom stereocenters. The van der Waals surface area contributed by atoms with Gasteiger partial charge >= 0.3 is 0 Å². The van der Waals surface area contributed by atoms with Crippen LogP contribution in [0.2, 0.25) is 0 Å². The van der Waals surface area contributed by atoms with Gasteiger partial charge in [0.15, 0.2) is 5.13 Å². The summed E-state index contributed by atoms with van der Waals surface area (Å²) in [5, 5.41) is 5.22. The number of carbonyl (C=O) groups is 1. The van der Waals surface area contributed by atoms with Crippen LogP contribution in [0.5, 0.6) is 11.5 Å². The normalized spacial score (nSPS) is 10.7. The zero-order valence-corrected chi connectivity index (χ0v) is 16.0. The van der Waals surface area contributed by atoms with Crippen molar-refractivity contribution in [3.63, 3.8) is 0 Å². The lowest BCUT2D eigenvalue weighted by molar-refractivity contribution is -0.111. The molecule has 5 nitrogen and oxygen atoms in total. The highest BCUT2D eigenvalue weighted by atomic mass is 32.1. The van der Waals surface area contributed by atoms with E-state index in [1.165, 1.54) is 17.4 Å². The summed E-state index contributed by atoms with van der Waals surface area (Å²) in [6, 6.07) is 15.2. The first-order chi connectivity index (χ1) is 13.2. The van der Waals surface area contributed by atoms with Gasteiger partial charge in [0, 0.05) is 17.0 Å². The molecule has 27 heavy (non-hydrogen) atoms. The molecule has 1 heterocycles. The average Bonchev–Trinajstić information content (AvgIpc) is 3.16. The Morgan fingerprint density at radius 2 is 1.96 bits per heavy atom. The molecule has 0 spiro atoms. The van der Waals surface area contributed by atoms with Crippen molar-refractivity contribution < 1.29 is 14.3 Å². The zero-order valence-electron chi connectivity index (χ0n) is 15.1. The minimum atomic E-state index is -0.232. The van der Waals surface area contributed by atoms with Crippen LogP contribution >= 0.6 is 11.3 Å². The summed E-state index contributed by atoms with van der Waals surface area (Å²) in [6.07, 6.45) is 3.24. The second-order valence-corrected chi connectivity index (χ2v) is 6.42. The van der Waals surface area contributed by atoms with Gasteiger partial charge in [-0.05, 0) is 42.8 Å². The van der Waals surface area contributed by atoms with Gasteiger partial charge in [0.25, 0.3) is 0 Å². The Balaban J connectivity index is 1.64. The Kier molecular flexibility index (Phi) is 6.22. The van der Waals surface area contributed by atoms with Crippen molar-refractivity contribution in [2.24, 2.45) is 0 Å². The maximum absolute atomic E-state index is 12.1. The van der Waals surface area contributed by atoms with E-state index in [0.29, 0.717) is 11.7 Å². The van der Waals surface area contributed by atoms with Crippen LogP contribution in [0.25, 0.3) is 17.3 Å². The highest BCUT2D eigenvalue weighted by molar-refractivity contribution is 7.14. The van der Waals surface area contributed by atoms with Crippen molar-refractivity contribution in [1.82, 2.24) is 4.98 Å². The van der Waals surface area contributed by atoms with Crippen LogP contribution in [0.3, 0.4) is 0 Å². The van der Waals surface area contributed by atoms with E-state index in [2.05, 4.69) is 10.3 Å². The topological polar surface area (TPSA) is 60.5 Å². The number of anilines is 1. The first-order valence-electron chi connectivity index (χ1n) is 8.50. The predicted molar refractivity (Wildman–Crippen MR) is 109 cm³/mol. The molecule has 0 saturated heterocycles. The fraction of sp³-hybridized carbons (Fsp3) is 0.143. The van der Waals surface area contributed by atoms with Crippen LogP contribution in [0, 0.1) is 0 Å². The lowest BCUT2D eigenvalue weighted by atomic mass is 10.1. The SMILES string of the molecule is CCOc1ccc(/C=C/C(=O)Nc2nc(-c3ccccc3OC)cs2)cc1. The molecule has 0 saturated carbocycles. The molecule has 138 valence electrons. The smallest absolute Gasteiger partial charge is 0.250 e. The minimum absolute atomic E-state index is 0.232. The Morgan fingerprint density at radius 1 is 1.19 bits per heavy atom. The molecule has 0 aliphatic rings. The Labute approximate surface area is 162 Å². The molecule has 1 aromatic heterocycles. The summed E-state index contributed by atoms with van der Waals surface area (Å²) in [7, 11) is 1.62. The maximum Gasteiger partial charge on any atom is 0.250 e. The highest BCUT2D eigenvalue weighted by Crippen LogP contribution is 2.31. The summed E-state index contributed by atoms with van der Waals surface area (Å²) in [4.78, 5) is 16.6. The number of para-hydroxylation sites is 1. The predicted octanol–water partition coefficient (Wildman–Crippen LogP) is 4.87.